The van der Waals surface area contributed by atoms with E-state index < -0.39 is 21.9 Å². The molecule has 2 aliphatic heterocycles. The Bertz CT molecular complexity index is 1310. The second-order valence-electron chi connectivity index (χ2n) is 11.5. The van der Waals surface area contributed by atoms with Gasteiger partial charge in [0.15, 0.2) is 0 Å². The third-order valence-electron chi connectivity index (χ3n) is 6.95. The van der Waals surface area contributed by atoms with Crippen molar-refractivity contribution in [3.63, 3.8) is 0 Å². The van der Waals surface area contributed by atoms with Gasteiger partial charge in [-0.2, -0.15) is 12.7 Å². The minimum Gasteiger partial charge on any atom is -0.493 e. The summed E-state index contributed by atoms with van der Waals surface area (Å²) < 4.78 is 49.4. The Labute approximate surface area is 227 Å². The van der Waals surface area contributed by atoms with Crippen LogP contribution in [0.5, 0.6) is 5.75 Å². The van der Waals surface area contributed by atoms with E-state index in [4.69, 9.17) is 15.5 Å². The summed E-state index contributed by atoms with van der Waals surface area (Å²) in [5.74, 6) is 0.134. The number of aromatic nitrogens is 1. The summed E-state index contributed by atoms with van der Waals surface area (Å²) in [7, 11) is -4.07. The Hall–Kier alpha value is -2.76. The molecule has 11 heteroatoms. The first kappa shape index (κ1) is 28.3. The number of nitrogens with two attached hydrogens (primary N) is 1. The van der Waals surface area contributed by atoms with Gasteiger partial charge >= 0.3 is 10.2 Å². The highest BCUT2D eigenvalue weighted by atomic mass is 32.2. The molecule has 1 aromatic heterocycles. The van der Waals surface area contributed by atoms with E-state index in [2.05, 4.69) is 25.5 Å². The molecule has 2 atom stereocenters. The molecule has 1 aromatic carbocycles. The zero-order valence-electron chi connectivity index (χ0n) is 22.7. The van der Waals surface area contributed by atoms with Gasteiger partial charge in [0.1, 0.15) is 17.4 Å². The van der Waals surface area contributed by atoms with Crippen LogP contribution in [0.25, 0.3) is 11.3 Å². The number of carbonyl (C=O) groups is 1. The van der Waals surface area contributed by atoms with Crippen molar-refractivity contribution < 1.29 is 25.2 Å². The molecule has 0 radical (unpaired) electrons. The van der Waals surface area contributed by atoms with E-state index in [9.17, 15) is 17.6 Å². The second-order valence-corrected chi connectivity index (χ2v) is 13.2. The fourth-order valence-corrected chi connectivity index (χ4v) is 6.42. The van der Waals surface area contributed by atoms with Crippen molar-refractivity contribution in [1.29, 1.82) is 0 Å². The third kappa shape index (κ3) is 6.27. The van der Waals surface area contributed by atoms with Crippen molar-refractivity contribution in [1.82, 2.24) is 14.0 Å². The zero-order chi connectivity index (χ0) is 27.8. The quantitative estimate of drug-likeness (QED) is 0.508. The van der Waals surface area contributed by atoms with Crippen molar-refractivity contribution in [2.45, 2.75) is 59.0 Å². The highest BCUT2D eigenvalue weighted by Gasteiger charge is 2.40. The van der Waals surface area contributed by atoms with Crippen LogP contribution in [0, 0.1) is 17.7 Å². The first-order chi connectivity index (χ1) is 17.7. The molecule has 2 fully saturated rings. The standard InChI is InChI=1S/C27H38FN5O4S.2H2/c1-17(2)16-37-22-11-19(10-20(28)12-22)24-7-6-23(25(30-24)33-14-18(3)13-27(33,4)5)26(34)31-38(35,36)32-9-8-21(29)15-32;;/h6-7,10-12,17-18,21H,8-9,13-16,29H2,1-5H3,(H,31,34);2*1H. The molecule has 2 aliphatic rings. The van der Waals surface area contributed by atoms with E-state index in [1.165, 1.54) is 16.4 Å². The van der Waals surface area contributed by atoms with Crippen molar-refractivity contribution in [3.05, 3.63) is 41.7 Å². The predicted molar refractivity (Wildman–Crippen MR) is 150 cm³/mol. The van der Waals surface area contributed by atoms with E-state index in [0.717, 1.165) is 6.42 Å². The number of halogens is 1. The van der Waals surface area contributed by atoms with E-state index in [1.54, 1.807) is 18.2 Å². The Balaban J connectivity index is 0.00000280. The summed E-state index contributed by atoms with van der Waals surface area (Å²) in [5, 5.41) is 0. The predicted octanol–water partition coefficient (Wildman–Crippen LogP) is 4.05. The van der Waals surface area contributed by atoms with E-state index in [1.807, 2.05) is 18.7 Å². The molecule has 2 aromatic rings. The first-order valence-electron chi connectivity index (χ1n) is 13.1. The number of hydrogen-bond donors (Lipinski definition) is 2. The maximum absolute atomic E-state index is 14.5. The number of nitrogens with zero attached hydrogens (tertiary/aromatic N) is 3. The van der Waals surface area contributed by atoms with E-state index >= 15 is 0 Å². The summed E-state index contributed by atoms with van der Waals surface area (Å²) >= 11 is 0. The SMILES string of the molecule is CC(C)COc1cc(F)cc(-c2ccc(C(=O)NS(=O)(=O)N3CCC(N)C3)c(N3CC(C)CC3(C)C)n2)c1.[HH].[HH]. The van der Waals surface area contributed by atoms with Gasteiger partial charge in [-0.15, -0.1) is 0 Å². The van der Waals surface area contributed by atoms with Gasteiger partial charge in [0, 0.05) is 45.7 Å². The maximum Gasteiger partial charge on any atom is 0.304 e. The number of nitrogens with one attached hydrogen (secondary N) is 1. The average Bonchev–Trinajstić information content (AvgIpc) is 3.38. The summed E-state index contributed by atoms with van der Waals surface area (Å²) in [6.45, 7) is 11.8. The molecule has 1 amide bonds. The number of rotatable bonds is 8. The van der Waals surface area contributed by atoms with Crippen molar-refractivity contribution in [3.8, 4) is 17.0 Å². The van der Waals surface area contributed by atoms with Crippen LogP contribution in [0.1, 0.15) is 60.7 Å². The number of pyridine rings is 1. The number of hydrogen-bond acceptors (Lipinski definition) is 7. The normalized spacial score (nSPS) is 21.7. The Kier molecular flexibility index (Phi) is 8.02. The van der Waals surface area contributed by atoms with Crippen LogP contribution in [-0.2, 0) is 10.2 Å². The highest BCUT2D eigenvalue weighted by molar-refractivity contribution is 7.87. The summed E-state index contributed by atoms with van der Waals surface area (Å²) in [4.78, 5) is 20.2. The summed E-state index contributed by atoms with van der Waals surface area (Å²) in [6, 6.07) is 7.31. The fraction of sp³-hybridized carbons (Fsp3) is 0.556. The average molecular weight is 552 g/mol. The van der Waals surface area contributed by atoms with Crippen molar-refractivity contribution >= 4 is 21.9 Å². The molecule has 9 nitrogen and oxygen atoms in total. The largest absolute Gasteiger partial charge is 0.493 e. The highest BCUT2D eigenvalue weighted by Crippen LogP contribution is 2.38. The molecule has 2 saturated heterocycles. The van der Waals surface area contributed by atoms with E-state index in [0.29, 0.717) is 48.3 Å². The van der Waals surface area contributed by atoms with Crippen LogP contribution in [0.15, 0.2) is 30.3 Å². The second kappa shape index (κ2) is 10.8. The first-order valence-corrected chi connectivity index (χ1v) is 14.5. The number of benzene rings is 1. The van der Waals surface area contributed by atoms with Crippen LogP contribution in [-0.4, -0.2) is 61.4 Å². The van der Waals surface area contributed by atoms with Gasteiger partial charge in [0.2, 0.25) is 0 Å². The molecule has 2 unspecified atom stereocenters. The van der Waals surface area contributed by atoms with Gasteiger partial charge in [-0.05, 0) is 62.8 Å². The van der Waals surface area contributed by atoms with Gasteiger partial charge < -0.3 is 15.4 Å². The molecule has 0 bridgehead atoms. The molecule has 4 rings (SSSR count). The molecular formula is C27H42FN5O4S. The van der Waals surface area contributed by atoms with Gasteiger partial charge in [-0.1, -0.05) is 20.8 Å². The summed E-state index contributed by atoms with van der Waals surface area (Å²) in [6.07, 6.45) is 1.41. The lowest BCUT2D eigenvalue weighted by Crippen LogP contribution is -2.44. The smallest absolute Gasteiger partial charge is 0.304 e. The molecule has 0 saturated carbocycles. The van der Waals surface area contributed by atoms with Crippen molar-refractivity contribution in [2.24, 2.45) is 17.6 Å². The monoisotopic (exact) mass is 551 g/mol. The van der Waals surface area contributed by atoms with E-state index in [-0.39, 0.29) is 39.0 Å². The third-order valence-corrected chi connectivity index (χ3v) is 8.40. The van der Waals surface area contributed by atoms with Gasteiger partial charge in [-0.3, -0.25) is 4.79 Å². The summed E-state index contributed by atoms with van der Waals surface area (Å²) in [5.41, 5.74) is 6.63. The Morgan fingerprint density at radius 3 is 2.63 bits per heavy atom. The fourth-order valence-electron chi connectivity index (χ4n) is 5.22. The van der Waals surface area contributed by atoms with Crippen LogP contribution in [0.2, 0.25) is 0 Å². The topological polar surface area (TPSA) is 118 Å². The molecule has 3 heterocycles. The zero-order valence-corrected chi connectivity index (χ0v) is 23.5. The number of anilines is 1. The molecular weight excluding hydrogens is 509 g/mol. The number of ether oxygens (including phenoxy) is 1. The van der Waals surface area contributed by atoms with Gasteiger partial charge in [-0.25, -0.2) is 14.1 Å². The molecule has 0 spiro atoms. The Morgan fingerprint density at radius 1 is 1.29 bits per heavy atom. The number of amides is 1. The van der Waals surface area contributed by atoms with Crippen LogP contribution < -0.4 is 20.1 Å². The van der Waals surface area contributed by atoms with Crippen LogP contribution >= 0.6 is 0 Å². The lowest BCUT2D eigenvalue weighted by molar-refractivity contribution is 0.0979. The van der Waals surface area contributed by atoms with Crippen LogP contribution in [0.4, 0.5) is 10.2 Å². The van der Waals surface area contributed by atoms with Crippen LogP contribution in [0.3, 0.4) is 0 Å². The molecule has 0 aliphatic carbocycles. The van der Waals surface area contributed by atoms with Crippen molar-refractivity contribution in [2.75, 3.05) is 31.1 Å². The molecule has 3 N–H and O–H groups in total. The maximum atomic E-state index is 14.5. The number of carbonyl (C=O) groups excluding carboxylic acids is 1. The van der Waals surface area contributed by atoms with Gasteiger partial charge in [0.05, 0.1) is 17.9 Å². The minimum absolute atomic E-state index is 0. The molecule has 38 heavy (non-hydrogen) atoms. The molecule has 212 valence electrons. The lowest BCUT2D eigenvalue weighted by Gasteiger charge is -2.34. The lowest BCUT2D eigenvalue weighted by atomic mass is 9.97. The van der Waals surface area contributed by atoms with Gasteiger partial charge in [0.25, 0.3) is 5.91 Å². The minimum atomic E-state index is -4.07. The Morgan fingerprint density at radius 2 is 2.03 bits per heavy atom.